The molecule has 0 aromatic heterocycles. The zero-order valence-electron chi connectivity index (χ0n) is 35.7. The summed E-state index contributed by atoms with van der Waals surface area (Å²) in [4.78, 5) is 2.39. The number of allylic oxidation sites excluding steroid dienone is 8. The van der Waals surface area contributed by atoms with Gasteiger partial charge in [0.15, 0.2) is 0 Å². The van der Waals surface area contributed by atoms with Gasteiger partial charge in [-0.15, -0.1) is 0 Å². The Hall–Kier alpha value is -7.16. The summed E-state index contributed by atoms with van der Waals surface area (Å²) in [5.74, 6) is 2.71. The summed E-state index contributed by atoms with van der Waals surface area (Å²) in [7, 11) is 0. The first-order valence-electron chi connectivity index (χ1n) is 22.7. The maximum absolute atomic E-state index is 6.52. The first kappa shape index (κ1) is 38.7. The van der Waals surface area contributed by atoms with E-state index in [9.17, 15) is 0 Å². The van der Waals surface area contributed by atoms with Crippen LogP contribution in [0.4, 0.5) is 17.1 Å². The lowest BCUT2D eigenvalue weighted by molar-refractivity contribution is 0.162. The normalized spacial score (nSPS) is 21.0. The molecule has 11 rings (SSSR count). The van der Waals surface area contributed by atoms with Crippen LogP contribution in [0.3, 0.4) is 0 Å². The summed E-state index contributed by atoms with van der Waals surface area (Å²) in [6, 6.07) is 66.8. The molecule has 306 valence electrons. The Morgan fingerprint density at radius 3 is 1.63 bits per heavy atom. The molecule has 0 radical (unpaired) electrons. The minimum atomic E-state index is 0.127. The molecule has 2 heteroatoms. The van der Waals surface area contributed by atoms with Gasteiger partial charge in [-0.2, -0.15) is 0 Å². The summed E-state index contributed by atoms with van der Waals surface area (Å²) in [6.45, 7) is 2.30. The van der Waals surface area contributed by atoms with Gasteiger partial charge in [0.25, 0.3) is 0 Å². The van der Waals surface area contributed by atoms with Gasteiger partial charge in [0.1, 0.15) is 11.9 Å². The lowest BCUT2D eigenvalue weighted by Crippen LogP contribution is -2.21. The van der Waals surface area contributed by atoms with Crippen LogP contribution in [-0.4, -0.2) is 6.10 Å². The fourth-order valence-electron chi connectivity index (χ4n) is 10.1. The number of rotatable bonds is 9. The molecule has 7 aromatic rings. The number of hydrogen-bond acceptors (Lipinski definition) is 2. The molecule has 1 heterocycles. The summed E-state index contributed by atoms with van der Waals surface area (Å²) >= 11 is 0. The lowest BCUT2D eigenvalue weighted by atomic mass is 9.76. The summed E-state index contributed by atoms with van der Waals surface area (Å²) in [6.07, 6.45) is 19.5. The lowest BCUT2D eigenvalue weighted by Gasteiger charge is -2.27. The number of benzene rings is 7. The van der Waals surface area contributed by atoms with E-state index in [2.05, 4.69) is 236 Å². The third-order valence-electron chi connectivity index (χ3n) is 13.5. The van der Waals surface area contributed by atoms with Crippen LogP contribution in [0.5, 0.6) is 0 Å². The Bertz CT molecular complexity index is 2880. The second-order valence-electron chi connectivity index (χ2n) is 17.7. The van der Waals surface area contributed by atoms with Crippen molar-refractivity contribution in [2.45, 2.75) is 44.1 Å². The van der Waals surface area contributed by atoms with Gasteiger partial charge >= 0.3 is 0 Å². The second kappa shape index (κ2) is 17.0. The Morgan fingerprint density at radius 1 is 0.492 bits per heavy atom. The van der Waals surface area contributed by atoms with E-state index in [4.69, 9.17) is 4.74 Å². The van der Waals surface area contributed by atoms with Crippen LogP contribution in [0.2, 0.25) is 0 Å². The van der Waals surface area contributed by atoms with Gasteiger partial charge in [-0.25, -0.2) is 0 Å². The summed E-state index contributed by atoms with van der Waals surface area (Å²) < 4.78 is 6.52. The summed E-state index contributed by atoms with van der Waals surface area (Å²) in [5.41, 5.74) is 17.5. The Kier molecular flexibility index (Phi) is 10.4. The van der Waals surface area contributed by atoms with E-state index in [1.54, 1.807) is 0 Å². The van der Waals surface area contributed by atoms with Crippen LogP contribution >= 0.6 is 0 Å². The topological polar surface area (TPSA) is 12.5 Å². The van der Waals surface area contributed by atoms with Crippen molar-refractivity contribution in [2.24, 2.45) is 11.8 Å². The van der Waals surface area contributed by atoms with Gasteiger partial charge in [-0.05, 0) is 153 Å². The molecule has 0 spiro atoms. The fraction of sp³-hybridized carbons (Fsp3) is 0.148. The average Bonchev–Trinajstić information content (AvgIpc) is 3.73. The molecular weight excluding hydrogens is 763 g/mol. The molecule has 1 fully saturated rings. The number of hydrogen-bond donors (Lipinski definition) is 0. The van der Waals surface area contributed by atoms with Gasteiger partial charge in [0.2, 0.25) is 0 Å². The standard InChI is InChI=1S/C61H51NO/c1-42-12-11-19-49(36-42)54-38-52(45-17-9-4-10-18-45)37-53(39-54)48-24-32-57(33-25-48)62(55-28-20-46(21-29-55)43-13-5-2-6-14-43)56-30-22-47(23-31-56)51-27-35-61-59(41-51)58-40-50(26-34-60(58)63-61)44-15-7-3-8-16-44/h2-26,28-35,37-39,41-42,50-51,58,60H,27,36,40H2,1H3. The van der Waals surface area contributed by atoms with Crippen molar-refractivity contribution in [3.05, 3.63) is 253 Å². The SMILES string of the molecule is CC1C=CC=C(c2cc(-c3ccccc3)cc(-c3ccc(N(c4ccc(-c5ccccc5)cc4)c4ccc(C5C=C6C(=CC5)OC5C=CC(c7ccccc7)CC65)cc4)cc3)c2)C1. The smallest absolute Gasteiger partial charge is 0.124 e. The van der Waals surface area contributed by atoms with Crippen molar-refractivity contribution < 1.29 is 4.74 Å². The largest absolute Gasteiger partial charge is 0.486 e. The Morgan fingerprint density at radius 2 is 1.02 bits per heavy atom. The number of anilines is 3. The third kappa shape index (κ3) is 7.94. The van der Waals surface area contributed by atoms with Crippen molar-refractivity contribution in [2.75, 3.05) is 4.90 Å². The molecule has 0 N–H and O–H groups in total. The zero-order valence-corrected chi connectivity index (χ0v) is 35.7. The highest BCUT2D eigenvalue weighted by Crippen LogP contribution is 2.49. The van der Waals surface area contributed by atoms with Crippen LogP contribution in [0.25, 0.3) is 39.0 Å². The maximum Gasteiger partial charge on any atom is 0.124 e. The van der Waals surface area contributed by atoms with Gasteiger partial charge in [-0.3, -0.25) is 0 Å². The van der Waals surface area contributed by atoms with Gasteiger partial charge in [0, 0.05) is 34.8 Å². The number of ether oxygens (including phenoxy) is 1. The van der Waals surface area contributed by atoms with Crippen LogP contribution in [-0.2, 0) is 4.74 Å². The maximum atomic E-state index is 6.52. The highest BCUT2D eigenvalue weighted by molar-refractivity contribution is 5.83. The molecular formula is C61H51NO. The molecule has 63 heavy (non-hydrogen) atoms. The third-order valence-corrected chi connectivity index (χ3v) is 13.5. The second-order valence-corrected chi connectivity index (χ2v) is 17.7. The van der Waals surface area contributed by atoms with Gasteiger partial charge in [0.05, 0.1) is 0 Å². The fourth-order valence-corrected chi connectivity index (χ4v) is 10.1. The Labute approximate surface area is 372 Å². The van der Waals surface area contributed by atoms with E-state index >= 15 is 0 Å². The molecule has 1 saturated heterocycles. The first-order chi connectivity index (χ1) is 31.1. The van der Waals surface area contributed by atoms with Crippen LogP contribution < -0.4 is 4.90 Å². The molecule has 7 aromatic carbocycles. The predicted molar refractivity (Wildman–Crippen MR) is 263 cm³/mol. The monoisotopic (exact) mass is 813 g/mol. The van der Waals surface area contributed by atoms with Crippen molar-refractivity contribution in [1.82, 2.24) is 0 Å². The number of nitrogens with zero attached hydrogens (tertiary/aromatic N) is 1. The molecule has 5 unspecified atom stereocenters. The van der Waals surface area contributed by atoms with Crippen molar-refractivity contribution >= 4 is 22.6 Å². The number of fused-ring (bicyclic) bond motifs is 3. The molecule has 0 amide bonds. The minimum Gasteiger partial charge on any atom is -0.486 e. The van der Waals surface area contributed by atoms with Crippen LogP contribution in [0.15, 0.2) is 236 Å². The van der Waals surface area contributed by atoms with Gasteiger partial charge in [-0.1, -0.05) is 165 Å². The van der Waals surface area contributed by atoms with Crippen molar-refractivity contribution in [3.8, 4) is 33.4 Å². The molecule has 0 bridgehead atoms. The first-order valence-corrected chi connectivity index (χ1v) is 22.7. The van der Waals surface area contributed by atoms with E-state index in [0.717, 1.165) is 42.1 Å². The van der Waals surface area contributed by atoms with E-state index < -0.39 is 0 Å². The van der Waals surface area contributed by atoms with Crippen molar-refractivity contribution in [3.63, 3.8) is 0 Å². The van der Waals surface area contributed by atoms with E-state index in [-0.39, 0.29) is 6.10 Å². The summed E-state index contributed by atoms with van der Waals surface area (Å²) in [5, 5.41) is 0. The minimum absolute atomic E-state index is 0.127. The zero-order chi connectivity index (χ0) is 42.1. The van der Waals surface area contributed by atoms with Crippen LogP contribution in [0.1, 0.15) is 54.7 Å². The van der Waals surface area contributed by atoms with Crippen molar-refractivity contribution in [1.29, 1.82) is 0 Å². The highest BCUT2D eigenvalue weighted by atomic mass is 16.5. The Balaban J connectivity index is 0.915. The molecule has 1 aliphatic heterocycles. The van der Waals surface area contributed by atoms with E-state index in [0.29, 0.717) is 23.7 Å². The molecule has 3 aliphatic carbocycles. The molecule has 0 saturated carbocycles. The van der Waals surface area contributed by atoms with Crippen LogP contribution in [0, 0.1) is 11.8 Å². The van der Waals surface area contributed by atoms with E-state index in [1.165, 1.54) is 61.2 Å². The molecule has 4 aliphatic rings. The predicted octanol–water partition coefficient (Wildman–Crippen LogP) is 16.2. The highest BCUT2D eigenvalue weighted by Gasteiger charge is 2.40. The average molecular weight is 814 g/mol. The van der Waals surface area contributed by atoms with Gasteiger partial charge < -0.3 is 9.64 Å². The quantitative estimate of drug-likeness (QED) is 0.135. The molecule has 2 nitrogen and oxygen atoms in total. The van der Waals surface area contributed by atoms with E-state index in [1.807, 2.05) is 0 Å². The molecule has 5 atom stereocenters.